The van der Waals surface area contributed by atoms with Crippen LogP contribution in [0.25, 0.3) is 0 Å². The van der Waals surface area contributed by atoms with Crippen molar-refractivity contribution < 1.29 is 0 Å². The van der Waals surface area contributed by atoms with Gasteiger partial charge in [-0.3, -0.25) is 0 Å². The zero-order chi connectivity index (χ0) is 13.4. The van der Waals surface area contributed by atoms with Crippen LogP contribution in [0.3, 0.4) is 0 Å². The normalized spacial score (nSPS) is 14.4. The molecule has 0 spiro atoms. The molecule has 0 bridgehead atoms. The summed E-state index contributed by atoms with van der Waals surface area (Å²) in [7, 11) is 2.08. The van der Waals surface area contributed by atoms with Crippen LogP contribution in [0.4, 0.5) is 0 Å². The largest absolute Gasteiger partial charge is 0.313 e. The molecular weight excluding hydrogens is 218 g/mol. The van der Waals surface area contributed by atoms with Crippen molar-refractivity contribution in [2.75, 3.05) is 7.05 Å². The van der Waals surface area contributed by atoms with E-state index in [1.165, 1.54) is 43.2 Å². The number of rotatable bonds is 8. The van der Waals surface area contributed by atoms with Gasteiger partial charge < -0.3 is 5.32 Å². The first kappa shape index (κ1) is 15.2. The molecule has 1 rings (SSSR count). The maximum absolute atomic E-state index is 3.48. The summed E-state index contributed by atoms with van der Waals surface area (Å²) in [4.78, 5) is 0. The van der Waals surface area contributed by atoms with E-state index in [1.54, 1.807) is 0 Å². The fraction of sp³-hybridized carbons (Fsp3) is 0.647. The summed E-state index contributed by atoms with van der Waals surface area (Å²) in [5, 5.41) is 3.48. The predicted octanol–water partition coefficient (Wildman–Crippen LogP) is 4.86. The average Bonchev–Trinajstić information content (AvgIpc) is 2.40. The van der Waals surface area contributed by atoms with Crippen LogP contribution in [0.1, 0.15) is 63.1 Å². The highest BCUT2D eigenvalue weighted by molar-refractivity contribution is 5.24. The molecule has 0 aromatic heterocycles. The highest BCUT2D eigenvalue weighted by atomic mass is 14.9. The van der Waals surface area contributed by atoms with E-state index in [9.17, 15) is 0 Å². The van der Waals surface area contributed by atoms with Gasteiger partial charge in [0.25, 0.3) is 0 Å². The van der Waals surface area contributed by atoms with Gasteiger partial charge in [-0.2, -0.15) is 0 Å². The molecule has 0 saturated heterocycles. The van der Waals surface area contributed by atoms with Crippen LogP contribution >= 0.6 is 0 Å². The minimum Gasteiger partial charge on any atom is -0.313 e. The monoisotopic (exact) mass is 247 g/mol. The molecule has 1 heteroatoms. The minimum absolute atomic E-state index is 0.507. The van der Waals surface area contributed by atoms with Gasteiger partial charge in [-0.05, 0) is 31.9 Å². The number of aryl methyl sites for hydroxylation is 1. The first-order valence-electron chi connectivity index (χ1n) is 7.45. The van der Waals surface area contributed by atoms with Gasteiger partial charge in [0.15, 0.2) is 0 Å². The Morgan fingerprint density at radius 3 is 2.28 bits per heavy atom. The van der Waals surface area contributed by atoms with Gasteiger partial charge in [0.05, 0.1) is 0 Å². The van der Waals surface area contributed by atoms with E-state index < -0.39 is 0 Å². The van der Waals surface area contributed by atoms with Crippen molar-refractivity contribution in [2.45, 2.75) is 58.9 Å². The first-order chi connectivity index (χ1) is 8.71. The van der Waals surface area contributed by atoms with Crippen molar-refractivity contribution in [3.63, 3.8) is 0 Å². The fourth-order valence-electron chi connectivity index (χ4n) is 2.53. The lowest BCUT2D eigenvalue weighted by Crippen LogP contribution is -2.19. The molecule has 0 aliphatic carbocycles. The molecule has 102 valence electrons. The van der Waals surface area contributed by atoms with E-state index >= 15 is 0 Å². The van der Waals surface area contributed by atoms with Crippen LogP contribution in [-0.4, -0.2) is 7.05 Å². The third-order valence-corrected chi connectivity index (χ3v) is 3.94. The molecule has 0 amide bonds. The average molecular weight is 247 g/mol. The van der Waals surface area contributed by atoms with E-state index in [1.807, 2.05) is 0 Å². The molecule has 2 unspecified atom stereocenters. The lowest BCUT2D eigenvalue weighted by atomic mass is 9.89. The molecule has 1 N–H and O–H groups in total. The van der Waals surface area contributed by atoms with Crippen molar-refractivity contribution in [1.29, 1.82) is 0 Å². The van der Waals surface area contributed by atoms with Crippen LogP contribution in [0.15, 0.2) is 24.3 Å². The highest BCUT2D eigenvalue weighted by Crippen LogP contribution is 2.26. The summed E-state index contributed by atoms with van der Waals surface area (Å²) in [5.74, 6) is 0.851. The summed E-state index contributed by atoms with van der Waals surface area (Å²) in [6, 6.07) is 9.47. The Balaban J connectivity index is 2.62. The number of hydrogen-bond donors (Lipinski definition) is 1. The molecule has 1 aromatic rings. The Hall–Kier alpha value is -0.820. The molecule has 1 aromatic carbocycles. The van der Waals surface area contributed by atoms with Gasteiger partial charge in [-0.15, -0.1) is 0 Å². The maximum atomic E-state index is 3.48. The van der Waals surface area contributed by atoms with E-state index in [2.05, 4.69) is 57.4 Å². The van der Waals surface area contributed by atoms with Crippen molar-refractivity contribution in [3.8, 4) is 0 Å². The summed E-state index contributed by atoms with van der Waals surface area (Å²) in [6.45, 7) is 6.75. The molecule has 0 fully saturated rings. The lowest BCUT2D eigenvalue weighted by molar-refractivity contribution is 0.365. The van der Waals surface area contributed by atoms with E-state index in [4.69, 9.17) is 0 Å². The summed E-state index contributed by atoms with van der Waals surface area (Å²) in [6.07, 6.45) is 6.60. The van der Waals surface area contributed by atoms with Crippen molar-refractivity contribution >= 4 is 0 Å². The third kappa shape index (κ3) is 4.81. The second-order valence-corrected chi connectivity index (χ2v) is 5.40. The zero-order valence-electron chi connectivity index (χ0n) is 12.5. The van der Waals surface area contributed by atoms with Gasteiger partial charge in [0.1, 0.15) is 0 Å². The van der Waals surface area contributed by atoms with Crippen molar-refractivity contribution in [2.24, 2.45) is 5.92 Å². The van der Waals surface area contributed by atoms with Crippen LogP contribution in [-0.2, 0) is 0 Å². The minimum atomic E-state index is 0.507. The quantitative estimate of drug-likeness (QED) is 0.691. The van der Waals surface area contributed by atoms with Crippen molar-refractivity contribution in [3.05, 3.63) is 35.4 Å². The van der Waals surface area contributed by atoms with Gasteiger partial charge in [0, 0.05) is 6.04 Å². The number of hydrogen-bond acceptors (Lipinski definition) is 1. The second-order valence-electron chi connectivity index (χ2n) is 5.40. The molecule has 0 aliphatic rings. The molecule has 0 radical (unpaired) electrons. The number of benzene rings is 1. The summed E-state index contributed by atoms with van der Waals surface area (Å²) < 4.78 is 0. The predicted molar refractivity (Wildman–Crippen MR) is 80.9 cm³/mol. The van der Waals surface area contributed by atoms with Crippen molar-refractivity contribution in [1.82, 2.24) is 5.32 Å². The lowest BCUT2D eigenvalue weighted by Gasteiger charge is -2.23. The molecule has 2 atom stereocenters. The van der Waals surface area contributed by atoms with Crippen LogP contribution in [0, 0.1) is 12.8 Å². The number of unbranched alkanes of at least 4 members (excludes halogenated alkanes) is 1. The van der Waals surface area contributed by atoms with Gasteiger partial charge in [-0.1, -0.05) is 69.4 Å². The van der Waals surface area contributed by atoms with Gasteiger partial charge in [0.2, 0.25) is 0 Å². The van der Waals surface area contributed by atoms with Gasteiger partial charge >= 0.3 is 0 Å². The molecular formula is C17H29N. The van der Waals surface area contributed by atoms with Crippen LogP contribution < -0.4 is 5.32 Å². The molecule has 1 nitrogen and oxygen atoms in total. The topological polar surface area (TPSA) is 12.0 Å². The van der Waals surface area contributed by atoms with Crippen LogP contribution in [0.5, 0.6) is 0 Å². The third-order valence-electron chi connectivity index (χ3n) is 3.94. The molecule has 18 heavy (non-hydrogen) atoms. The number of nitrogens with one attached hydrogen (secondary N) is 1. The fourth-order valence-corrected chi connectivity index (χ4v) is 2.53. The standard InChI is InChI=1S/C17H29N/c1-5-7-8-15(6-2)13-17(18-4)16-11-9-14(3)10-12-16/h9-12,15,17-18H,5-8,13H2,1-4H3. The van der Waals surface area contributed by atoms with Gasteiger partial charge in [-0.25, -0.2) is 0 Å². The maximum Gasteiger partial charge on any atom is 0.0320 e. The highest BCUT2D eigenvalue weighted by Gasteiger charge is 2.15. The molecule has 0 heterocycles. The SMILES string of the molecule is CCCCC(CC)CC(NC)c1ccc(C)cc1. The van der Waals surface area contributed by atoms with E-state index in [0.29, 0.717) is 6.04 Å². The smallest absolute Gasteiger partial charge is 0.0320 e. The summed E-state index contributed by atoms with van der Waals surface area (Å²) in [5.41, 5.74) is 2.77. The molecule has 0 saturated carbocycles. The van der Waals surface area contributed by atoms with E-state index in [-0.39, 0.29) is 0 Å². The Labute approximate surface area is 113 Å². The molecule has 0 aliphatic heterocycles. The zero-order valence-corrected chi connectivity index (χ0v) is 12.5. The van der Waals surface area contributed by atoms with E-state index in [0.717, 1.165) is 5.92 Å². The Kier molecular flexibility index (Phi) is 7.04. The Morgan fingerprint density at radius 1 is 1.11 bits per heavy atom. The summed E-state index contributed by atoms with van der Waals surface area (Å²) >= 11 is 0. The van der Waals surface area contributed by atoms with Crippen LogP contribution in [0.2, 0.25) is 0 Å². The Bertz CT molecular complexity index is 315. The second kappa shape index (κ2) is 8.31. The first-order valence-corrected chi connectivity index (χ1v) is 7.45. The Morgan fingerprint density at radius 2 is 1.78 bits per heavy atom.